The molecule has 0 aliphatic rings. The molecule has 2 heteroatoms. The van der Waals surface area contributed by atoms with Crippen LogP contribution < -0.4 is 0 Å². The third-order valence-corrected chi connectivity index (χ3v) is 2.66. The van der Waals surface area contributed by atoms with E-state index in [-0.39, 0.29) is 0 Å². The number of nitrogens with zero attached hydrogens (tertiary/aromatic N) is 1. The lowest BCUT2D eigenvalue weighted by molar-refractivity contribution is 0.394. The molecule has 0 rings (SSSR count). The first-order valence-corrected chi connectivity index (χ1v) is 5.13. The maximum absolute atomic E-state index is 2.29. The molecule has 0 heterocycles. The summed E-state index contributed by atoms with van der Waals surface area (Å²) in [6.07, 6.45) is 4.86. The second-order valence-electron chi connectivity index (χ2n) is 2.99. The van der Waals surface area contributed by atoms with E-state index in [2.05, 4.69) is 32.2 Å². The molecule has 0 aromatic carbocycles. The van der Waals surface area contributed by atoms with Crippen LogP contribution in [0.4, 0.5) is 0 Å². The highest BCUT2D eigenvalue weighted by atomic mass is 32.2. The van der Waals surface area contributed by atoms with Crippen LogP contribution in [0.15, 0.2) is 0 Å². The van der Waals surface area contributed by atoms with Gasteiger partial charge < -0.3 is 4.90 Å². The predicted molar refractivity (Wildman–Crippen MR) is 50.8 cm³/mol. The van der Waals surface area contributed by atoms with Gasteiger partial charge in [0.05, 0.1) is 0 Å². The molecule has 0 bridgehead atoms. The van der Waals surface area contributed by atoms with Crippen LogP contribution in [0.5, 0.6) is 0 Å². The Labute approximate surface area is 69.2 Å². The van der Waals surface area contributed by atoms with Gasteiger partial charge >= 0.3 is 0 Å². The summed E-state index contributed by atoms with van der Waals surface area (Å²) in [4.78, 5) is 2.24. The molecule has 0 amide bonds. The summed E-state index contributed by atoms with van der Waals surface area (Å²) in [5.41, 5.74) is 0. The van der Waals surface area contributed by atoms with E-state index < -0.39 is 0 Å². The Morgan fingerprint density at radius 2 is 2.00 bits per heavy atom. The van der Waals surface area contributed by atoms with Gasteiger partial charge in [-0.3, -0.25) is 0 Å². The Kier molecular flexibility index (Phi) is 6.24. The van der Waals surface area contributed by atoms with Crippen molar-refractivity contribution in [3.8, 4) is 0 Å². The second-order valence-corrected chi connectivity index (χ2v) is 4.27. The number of rotatable bonds is 5. The predicted octanol–water partition coefficient (Wildman–Crippen LogP) is 2.08. The van der Waals surface area contributed by atoms with Crippen molar-refractivity contribution in [3.63, 3.8) is 0 Å². The lowest BCUT2D eigenvalue weighted by Gasteiger charge is -2.11. The van der Waals surface area contributed by atoms with Crippen molar-refractivity contribution in [2.24, 2.45) is 0 Å². The Hall–Kier alpha value is 0.310. The van der Waals surface area contributed by atoms with Gasteiger partial charge in [0.25, 0.3) is 0 Å². The first kappa shape index (κ1) is 10.3. The minimum Gasteiger partial charge on any atom is -0.309 e. The summed E-state index contributed by atoms with van der Waals surface area (Å²) >= 11 is 1.96. The van der Waals surface area contributed by atoms with E-state index >= 15 is 0 Å². The summed E-state index contributed by atoms with van der Waals surface area (Å²) in [5.74, 6) is 0. The lowest BCUT2D eigenvalue weighted by Crippen LogP contribution is -2.14. The topological polar surface area (TPSA) is 3.24 Å². The largest absolute Gasteiger partial charge is 0.309 e. The molecule has 10 heavy (non-hydrogen) atoms. The minimum absolute atomic E-state index is 0.833. The second kappa shape index (κ2) is 6.05. The Balaban J connectivity index is 3.03. The molecule has 0 radical (unpaired) electrons. The van der Waals surface area contributed by atoms with Crippen molar-refractivity contribution in [1.29, 1.82) is 0 Å². The maximum Gasteiger partial charge on any atom is 0.00164 e. The molecule has 1 unspecified atom stereocenters. The van der Waals surface area contributed by atoms with Gasteiger partial charge in [-0.15, -0.1) is 0 Å². The van der Waals surface area contributed by atoms with Gasteiger partial charge in [-0.1, -0.05) is 6.92 Å². The molecule has 0 saturated carbocycles. The van der Waals surface area contributed by atoms with Crippen LogP contribution in [0.1, 0.15) is 19.8 Å². The molecule has 0 N–H and O–H groups in total. The van der Waals surface area contributed by atoms with E-state index in [1.165, 1.54) is 19.4 Å². The van der Waals surface area contributed by atoms with Crippen LogP contribution >= 0.6 is 11.8 Å². The van der Waals surface area contributed by atoms with Crippen LogP contribution in [0.25, 0.3) is 0 Å². The molecular weight excluding hydrogens is 142 g/mol. The molecule has 0 saturated heterocycles. The summed E-state index contributed by atoms with van der Waals surface area (Å²) < 4.78 is 0. The number of hydrogen-bond donors (Lipinski definition) is 0. The van der Waals surface area contributed by atoms with Crippen LogP contribution in [-0.2, 0) is 0 Å². The molecule has 0 aromatic heterocycles. The van der Waals surface area contributed by atoms with Crippen LogP contribution in [0.2, 0.25) is 0 Å². The average molecular weight is 161 g/mol. The first-order valence-electron chi connectivity index (χ1n) is 3.84. The van der Waals surface area contributed by atoms with Gasteiger partial charge in [-0.2, -0.15) is 11.8 Å². The lowest BCUT2D eigenvalue weighted by atomic mass is 10.2. The minimum atomic E-state index is 0.833. The third kappa shape index (κ3) is 6.43. The zero-order chi connectivity index (χ0) is 7.98. The fraction of sp³-hybridized carbons (Fsp3) is 1.00. The van der Waals surface area contributed by atoms with Crippen molar-refractivity contribution < 1.29 is 0 Å². The SMILES string of the molecule is CSC(C)CCCN(C)C. The van der Waals surface area contributed by atoms with Crippen molar-refractivity contribution in [2.75, 3.05) is 26.9 Å². The normalized spacial score (nSPS) is 14.1. The summed E-state index contributed by atoms with van der Waals surface area (Å²) in [7, 11) is 4.26. The zero-order valence-electron chi connectivity index (χ0n) is 7.55. The van der Waals surface area contributed by atoms with Gasteiger partial charge in [0.1, 0.15) is 0 Å². The highest BCUT2D eigenvalue weighted by molar-refractivity contribution is 7.99. The number of thioether (sulfide) groups is 1. The molecule has 1 atom stereocenters. The number of hydrogen-bond acceptors (Lipinski definition) is 2. The van der Waals surface area contributed by atoms with Crippen molar-refractivity contribution in [3.05, 3.63) is 0 Å². The molecule has 62 valence electrons. The Bertz CT molecular complexity index is 73.7. The highest BCUT2D eigenvalue weighted by Crippen LogP contribution is 2.11. The van der Waals surface area contributed by atoms with E-state index in [1.54, 1.807) is 0 Å². The van der Waals surface area contributed by atoms with E-state index in [0.717, 1.165) is 5.25 Å². The van der Waals surface area contributed by atoms with Gasteiger partial charge in [0.2, 0.25) is 0 Å². The molecule has 0 fully saturated rings. The molecular formula is C8H19NS. The standard InChI is InChI=1S/C8H19NS/c1-8(10-4)6-5-7-9(2)3/h8H,5-7H2,1-4H3. The molecule has 0 spiro atoms. The summed E-state index contributed by atoms with van der Waals surface area (Å²) in [6.45, 7) is 3.52. The van der Waals surface area contributed by atoms with Gasteiger partial charge in [0.15, 0.2) is 0 Å². The Morgan fingerprint density at radius 1 is 1.40 bits per heavy atom. The van der Waals surface area contributed by atoms with E-state index in [4.69, 9.17) is 0 Å². The van der Waals surface area contributed by atoms with Gasteiger partial charge in [-0.25, -0.2) is 0 Å². The van der Waals surface area contributed by atoms with Crippen LogP contribution in [0, 0.1) is 0 Å². The van der Waals surface area contributed by atoms with E-state index in [9.17, 15) is 0 Å². The fourth-order valence-corrected chi connectivity index (χ4v) is 1.22. The van der Waals surface area contributed by atoms with Gasteiger partial charge in [0, 0.05) is 5.25 Å². The molecule has 1 nitrogen and oxygen atoms in total. The fourth-order valence-electron chi connectivity index (χ4n) is 0.813. The van der Waals surface area contributed by atoms with E-state index in [1.807, 2.05) is 11.8 Å². The van der Waals surface area contributed by atoms with Crippen molar-refractivity contribution >= 4 is 11.8 Å². The molecule has 0 aliphatic carbocycles. The monoisotopic (exact) mass is 161 g/mol. The quantitative estimate of drug-likeness (QED) is 0.607. The summed E-state index contributed by atoms with van der Waals surface area (Å²) in [5, 5.41) is 0.833. The van der Waals surface area contributed by atoms with Crippen LogP contribution in [0.3, 0.4) is 0 Å². The van der Waals surface area contributed by atoms with E-state index in [0.29, 0.717) is 0 Å². The Morgan fingerprint density at radius 3 is 2.40 bits per heavy atom. The van der Waals surface area contributed by atoms with Gasteiger partial charge in [-0.05, 0) is 39.7 Å². The molecule has 0 aromatic rings. The average Bonchev–Trinajstić information content (AvgIpc) is 1.87. The highest BCUT2D eigenvalue weighted by Gasteiger charge is 1.98. The first-order chi connectivity index (χ1) is 4.66. The third-order valence-electron chi connectivity index (χ3n) is 1.62. The maximum atomic E-state index is 2.29. The van der Waals surface area contributed by atoms with Crippen molar-refractivity contribution in [1.82, 2.24) is 4.90 Å². The van der Waals surface area contributed by atoms with Crippen LogP contribution in [-0.4, -0.2) is 37.0 Å². The zero-order valence-corrected chi connectivity index (χ0v) is 8.37. The summed E-state index contributed by atoms with van der Waals surface area (Å²) in [6, 6.07) is 0. The smallest absolute Gasteiger partial charge is 0.00164 e. The molecule has 0 aliphatic heterocycles. The van der Waals surface area contributed by atoms with Crippen molar-refractivity contribution in [2.45, 2.75) is 25.0 Å².